The SMILES string of the molecule is CCCCC(CC)C(=O)OCCCCCOC(=O)C(CC)CCCC. The summed E-state index contributed by atoms with van der Waals surface area (Å²) in [5, 5.41) is 0. The van der Waals surface area contributed by atoms with Crippen LogP contribution in [0.15, 0.2) is 0 Å². The molecule has 25 heavy (non-hydrogen) atoms. The number of esters is 2. The predicted molar refractivity (Wildman–Crippen MR) is 102 cm³/mol. The first-order valence-electron chi connectivity index (χ1n) is 10.4. The third-order valence-corrected chi connectivity index (χ3v) is 4.74. The maximum Gasteiger partial charge on any atom is 0.308 e. The molecule has 0 saturated carbocycles. The van der Waals surface area contributed by atoms with Crippen molar-refractivity contribution in [3.8, 4) is 0 Å². The van der Waals surface area contributed by atoms with Crippen molar-refractivity contribution in [2.75, 3.05) is 13.2 Å². The molecule has 0 aliphatic heterocycles. The third-order valence-electron chi connectivity index (χ3n) is 4.74. The van der Waals surface area contributed by atoms with Gasteiger partial charge in [0.25, 0.3) is 0 Å². The smallest absolute Gasteiger partial charge is 0.308 e. The summed E-state index contributed by atoms with van der Waals surface area (Å²) in [5.74, 6) is -0.00168. The molecule has 2 atom stereocenters. The highest BCUT2D eigenvalue weighted by molar-refractivity contribution is 5.72. The molecule has 2 unspecified atom stereocenters. The first-order chi connectivity index (χ1) is 12.1. The van der Waals surface area contributed by atoms with Gasteiger partial charge in [-0.3, -0.25) is 9.59 Å². The normalized spacial score (nSPS) is 13.3. The highest BCUT2D eigenvalue weighted by Crippen LogP contribution is 2.16. The molecule has 0 rings (SSSR count). The number of carbonyl (C=O) groups excluding carboxylic acids is 2. The fraction of sp³-hybridized carbons (Fsp3) is 0.905. The number of hydrogen-bond donors (Lipinski definition) is 0. The molecule has 0 fully saturated rings. The van der Waals surface area contributed by atoms with Gasteiger partial charge in [-0.05, 0) is 44.9 Å². The van der Waals surface area contributed by atoms with Gasteiger partial charge < -0.3 is 9.47 Å². The molecule has 148 valence electrons. The molecule has 0 saturated heterocycles. The molecule has 4 heteroatoms. The number of rotatable bonds is 16. The molecule has 0 amide bonds. The Labute approximate surface area is 155 Å². The molecule has 4 nitrogen and oxygen atoms in total. The monoisotopic (exact) mass is 356 g/mol. The lowest BCUT2D eigenvalue weighted by Crippen LogP contribution is -2.18. The van der Waals surface area contributed by atoms with Gasteiger partial charge in [-0.1, -0.05) is 53.4 Å². The van der Waals surface area contributed by atoms with Gasteiger partial charge in [0.15, 0.2) is 0 Å². The Morgan fingerprint density at radius 3 is 1.36 bits per heavy atom. The Bertz CT molecular complexity index is 309. The number of ether oxygens (including phenoxy) is 2. The van der Waals surface area contributed by atoms with Gasteiger partial charge in [0.05, 0.1) is 25.0 Å². The minimum absolute atomic E-state index is 0.0509. The van der Waals surface area contributed by atoms with Gasteiger partial charge in [0.2, 0.25) is 0 Å². The second-order valence-corrected chi connectivity index (χ2v) is 6.89. The van der Waals surface area contributed by atoms with Crippen LogP contribution in [0, 0.1) is 11.8 Å². The predicted octanol–water partition coefficient (Wildman–Crippen LogP) is 5.68. The Hall–Kier alpha value is -1.06. The Morgan fingerprint density at radius 1 is 0.640 bits per heavy atom. The number of carbonyl (C=O) groups is 2. The zero-order valence-electron chi connectivity index (χ0n) is 17.0. The summed E-state index contributed by atoms with van der Waals surface area (Å²) in [5.41, 5.74) is 0. The van der Waals surface area contributed by atoms with Crippen LogP contribution in [0.5, 0.6) is 0 Å². The topological polar surface area (TPSA) is 52.6 Å². The van der Waals surface area contributed by atoms with Crippen molar-refractivity contribution in [3.05, 3.63) is 0 Å². The van der Waals surface area contributed by atoms with Crippen molar-refractivity contribution in [2.45, 2.75) is 98.3 Å². The fourth-order valence-electron chi connectivity index (χ4n) is 2.84. The molecule has 0 aliphatic rings. The quantitative estimate of drug-likeness (QED) is 0.264. The van der Waals surface area contributed by atoms with Gasteiger partial charge in [0, 0.05) is 0 Å². The molecule has 0 aromatic rings. The maximum absolute atomic E-state index is 12.0. The summed E-state index contributed by atoms with van der Waals surface area (Å²) < 4.78 is 10.7. The fourth-order valence-corrected chi connectivity index (χ4v) is 2.84. The number of unbranched alkanes of at least 4 members (excludes halogenated alkanes) is 4. The zero-order chi connectivity index (χ0) is 18.9. The van der Waals surface area contributed by atoms with Crippen LogP contribution >= 0.6 is 0 Å². The van der Waals surface area contributed by atoms with E-state index in [2.05, 4.69) is 13.8 Å². The number of hydrogen-bond acceptors (Lipinski definition) is 4. The van der Waals surface area contributed by atoms with E-state index in [0.29, 0.717) is 13.2 Å². The van der Waals surface area contributed by atoms with E-state index in [0.717, 1.165) is 70.6 Å². The highest BCUT2D eigenvalue weighted by atomic mass is 16.5. The molecule has 0 aliphatic carbocycles. The first kappa shape index (κ1) is 23.9. The van der Waals surface area contributed by atoms with Crippen LogP contribution in [0.25, 0.3) is 0 Å². The van der Waals surface area contributed by atoms with E-state index in [1.807, 2.05) is 13.8 Å². The summed E-state index contributed by atoms with van der Waals surface area (Å²) in [6, 6.07) is 0. The maximum atomic E-state index is 12.0. The highest BCUT2D eigenvalue weighted by Gasteiger charge is 2.18. The minimum Gasteiger partial charge on any atom is -0.465 e. The molecule has 0 spiro atoms. The van der Waals surface area contributed by atoms with Crippen LogP contribution in [0.4, 0.5) is 0 Å². The standard InChI is InChI=1S/C21H40O4/c1-5-9-14-18(7-3)20(22)24-16-12-11-13-17-25-21(23)19(8-4)15-10-6-2/h18-19H,5-17H2,1-4H3. The van der Waals surface area contributed by atoms with Crippen LogP contribution in [0.3, 0.4) is 0 Å². The van der Waals surface area contributed by atoms with E-state index < -0.39 is 0 Å². The van der Waals surface area contributed by atoms with E-state index >= 15 is 0 Å². The lowest BCUT2D eigenvalue weighted by Gasteiger charge is -2.14. The van der Waals surface area contributed by atoms with E-state index in [4.69, 9.17) is 9.47 Å². The van der Waals surface area contributed by atoms with E-state index in [1.54, 1.807) is 0 Å². The van der Waals surface area contributed by atoms with Gasteiger partial charge >= 0.3 is 11.9 Å². The largest absolute Gasteiger partial charge is 0.465 e. The van der Waals surface area contributed by atoms with Crippen LogP contribution in [0.2, 0.25) is 0 Å². The lowest BCUT2D eigenvalue weighted by atomic mass is 10.00. The first-order valence-corrected chi connectivity index (χ1v) is 10.4. The van der Waals surface area contributed by atoms with Crippen LogP contribution in [-0.2, 0) is 19.1 Å². The summed E-state index contributed by atoms with van der Waals surface area (Å²) in [4.78, 5) is 23.9. The molecular weight excluding hydrogens is 316 g/mol. The Kier molecular flexibility index (Phi) is 15.7. The zero-order valence-corrected chi connectivity index (χ0v) is 17.0. The summed E-state index contributed by atoms with van der Waals surface area (Å²) in [7, 11) is 0. The average Bonchev–Trinajstić information content (AvgIpc) is 2.62. The lowest BCUT2D eigenvalue weighted by molar-refractivity contribution is -0.149. The van der Waals surface area contributed by atoms with Crippen molar-refractivity contribution >= 4 is 11.9 Å². The van der Waals surface area contributed by atoms with Gasteiger partial charge in [0.1, 0.15) is 0 Å². The second kappa shape index (κ2) is 16.4. The van der Waals surface area contributed by atoms with Crippen molar-refractivity contribution in [1.29, 1.82) is 0 Å². The van der Waals surface area contributed by atoms with Crippen molar-refractivity contribution in [2.24, 2.45) is 11.8 Å². The van der Waals surface area contributed by atoms with Crippen molar-refractivity contribution < 1.29 is 19.1 Å². The molecule has 0 bridgehead atoms. The van der Waals surface area contributed by atoms with Gasteiger partial charge in [-0.2, -0.15) is 0 Å². The van der Waals surface area contributed by atoms with E-state index in [-0.39, 0.29) is 23.8 Å². The molecule has 0 aromatic carbocycles. The van der Waals surface area contributed by atoms with Crippen LogP contribution < -0.4 is 0 Å². The third kappa shape index (κ3) is 12.0. The van der Waals surface area contributed by atoms with Gasteiger partial charge in [-0.15, -0.1) is 0 Å². The van der Waals surface area contributed by atoms with Crippen molar-refractivity contribution in [3.63, 3.8) is 0 Å². The van der Waals surface area contributed by atoms with Crippen LogP contribution in [-0.4, -0.2) is 25.2 Å². The van der Waals surface area contributed by atoms with Crippen molar-refractivity contribution in [1.82, 2.24) is 0 Å². The van der Waals surface area contributed by atoms with Crippen LogP contribution in [0.1, 0.15) is 98.3 Å². The molecule has 0 radical (unpaired) electrons. The molecule has 0 heterocycles. The Morgan fingerprint density at radius 2 is 1.04 bits per heavy atom. The van der Waals surface area contributed by atoms with E-state index in [1.165, 1.54) is 0 Å². The summed E-state index contributed by atoms with van der Waals surface area (Å²) in [6.07, 6.45) is 10.5. The summed E-state index contributed by atoms with van der Waals surface area (Å²) in [6.45, 7) is 9.31. The molecule has 0 N–H and O–H groups in total. The molecular formula is C21H40O4. The molecule has 0 aromatic heterocycles. The van der Waals surface area contributed by atoms with E-state index in [9.17, 15) is 9.59 Å². The minimum atomic E-state index is -0.0518. The summed E-state index contributed by atoms with van der Waals surface area (Å²) >= 11 is 0. The second-order valence-electron chi connectivity index (χ2n) is 6.89. The Balaban J connectivity index is 3.71. The van der Waals surface area contributed by atoms with Gasteiger partial charge in [-0.25, -0.2) is 0 Å². The average molecular weight is 357 g/mol.